The van der Waals surface area contributed by atoms with Gasteiger partial charge in [0, 0.05) is 12.6 Å². The number of carbonyl (C=O) groups excluding carboxylic acids is 2. The predicted molar refractivity (Wildman–Crippen MR) is 135 cm³/mol. The topological polar surface area (TPSA) is 101 Å². The summed E-state index contributed by atoms with van der Waals surface area (Å²) in [4.78, 5) is 37.7. The Bertz CT molecular complexity index is 1340. The zero-order valence-electron chi connectivity index (χ0n) is 21.5. The molecule has 0 spiro atoms. The van der Waals surface area contributed by atoms with Crippen molar-refractivity contribution in [2.45, 2.75) is 76.3 Å². The fourth-order valence-electron chi connectivity index (χ4n) is 5.31. The van der Waals surface area contributed by atoms with Crippen LogP contribution >= 0.6 is 23.2 Å². The Kier molecular flexibility index (Phi) is 8.20. The first-order valence-electron chi connectivity index (χ1n) is 12.6. The number of alkyl halides is 6. The molecule has 2 N–H and O–H groups in total. The molecule has 2 saturated carbocycles. The summed E-state index contributed by atoms with van der Waals surface area (Å²) < 4.78 is 84.9. The van der Waals surface area contributed by atoms with Crippen molar-refractivity contribution in [1.29, 1.82) is 0 Å². The third-order valence-electron chi connectivity index (χ3n) is 8.15. The number of hydrogen-bond acceptors (Lipinski definition) is 4. The zero-order valence-corrected chi connectivity index (χ0v) is 23.0. The largest absolute Gasteiger partial charge is 0.481 e. The van der Waals surface area contributed by atoms with Crippen molar-refractivity contribution in [2.75, 3.05) is 0 Å². The Morgan fingerprint density at radius 3 is 2.10 bits per heavy atom. The van der Waals surface area contributed by atoms with E-state index in [1.807, 2.05) is 5.32 Å². The average Bonchev–Trinajstić information content (AvgIpc) is 3.55. The van der Waals surface area contributed by atoms with Crippen LogP contribution in [0.25, 0.3) is 0 Å². The highest BCUT2D eigenvalue weighted by atomic mass is 35.5. The van der Waals surface area contributed by atoms with Gasteiger partial charge in [0.1, 0.15) is 0 Å². The number of aliphatic carboxylic acids is 1. The highest BCUT2D eigenvalue weighted by Gasteiger charge is 2.67. The molecule has 7 nitrogen and oxygen atoms in total. The lowest BCUT2D eigenvalue weighted by Gasteiger charge is -2.33. The molecule has 1 aromatic carbocycles. The second-order valence-electron chi connectivity index (χ2n) is 10.9. The van der Waals surface area contributed by atoms with E-state index in [2.05, 4.69) is 5.10 Å². The molecule has 224 valence electrons. The van der Waals surface area contributed by atoms with Crippen LogP contribution in [0.5, 0.6) is 0 Å². The molecule has 1 heterocycles. The zero-order chi connectivity index (χ0) is 30.5. The molecular weight excluding hydrogens is 603 g/mol. The molecule has 1 amide bonds. The third kappa shape index (κ3) is 6.06. The van der Waals surface area contributed by atoms with Gasteiger partial charge in [-0.3, -0.25) is 19.1 Å². The molecule has 2 aromatic rings. The molecule has 0 radical (unpaired) electrons. The van der Waals surface area contributed by atoms with Crippen LogP contribution < -0.4 is 5.32 Å². The minimum absolute atomic E-state index is 0.128. The van der Waals surface area contributed by atoms with Gasteiger partial charge in [0.05, 0.1) is 44.1 Å². The van der Waals surface area contributed by atoms with Crippen molar-refractivity contribution in [3.63, 3.8) is 0 Å². The van der Waals surface area contributed by atoms with Gasteiger partial charge in [0.15, 0.2) is 11.5 Å². The van der Waals surface area contributed by atoms with Crippen LogP contribution in [-0.4, -0.2) is 44.8 Å². The molecule has 0 bridgehead atoms. The number of hydrogen-bond donors (Lipinski definition) is 2. The van der Waals surface area contributed by atoms with Gasteiger partial charge in [-0.2, -0.15) is 31.4 Å². The Morgan fingerprint density at radius 1 is 1.07 bits per heavy atom. The van der Waals surface area contributed by atoms with E-state index in [0.717, 1.165) is 10.9 Å². The minimum atomic E-state index is -5.13. The van der Waals surface area contributed by atoms with E-state index in [4.69, 9.17) is 23.2 Å². The van der Waals surface area contributed by atoms with E-state index >= 15 is 0 Å². The molecule has 0 aliphatic heterocycles. The number of carbonyl (C=O) groups is 3. The highest BCUT2D eigenvalue weighted by molar-refractivity contribution is 6.39. The molecule has 2 aliphatic carbocycles. The molecule has 41 heavy (non-hydrogen) atoms. The van der Waals surface area contributed by atoms with Gasteiger partial charge in [-0.05, 0) is 57.6 Å². The van der Waals surface area contributed by atoms with Gasteiger partial charge < -0.3 is 10.4 Å². The summed E-state index contributed by atoms with van der Waals surface area (Å²) in [5, 5.41) is 14.7. The van der Waals surface area contributed by atoms with Crippen molar-refractivity contribution < 1.29 is 45.8 Å². The molecule has 1 aromatic heterocycles. The number of benzene rings is 1. The number of nitrogens with one attached hydrogen (secondary N) is 1. The number of carboxylic acids is 1. The summed E-state index contributed by atoms with van der Waals surface area (Å²) in [5.41, 5.74) is -6.45. The summed E-state index contributed by atoms with van der Waals surface area (Å²) >= 11 is 12.1. The Balaban J connectivity index is 1.64. The van der Waals surface area contributed by atoms with Gasteiger partial charge in [0.2, 0.25) is 0 Å². The monoisotopic (exact) mass is 627 g/mol. The first-order valence-corrected chi connectivity index (χ1v) is 13.4. The van der Waals surface area contributed by atoms with E-state index < -0.39 is 83.4 Å². The van der Waals surface area contributed by atoms with Crippen molar-refractivity contribution in [1.82, 2.24) is 15.1 Å². The molecule has 0 saturated heterocycles. The number of amides is 1. The van der Waals surface area contributed by atoms with Gasteiger partial charge in [-0.1, -0.05) is 29.3 Å². The molecule has 1 unspecified atom stereocenters. The van der Waals surface area contributed by atoms with Crippen LogP contribution in [0.3, 0.4) is 0 Å². The molecular formula is C26H25Cl2F6N3O4. The smallest absolute Gasteiger partial charge is 0.435 e. The number of nitrogens with zero attached hydrogens (tertiary/aromatic N) is 2. The standard InChI is InChI=1S/C26H25Cl2F6N3O4/c1-23(22(40)41)7-5-13(6-8-23)37-12-14(20(36-37)25(29,30)31)21(39)35-18(24(9-10-24)26(32,33)34)11-17(38)19-15(27)3-2-4-16(19)28/h2-4,12-13,18H,5-11H2,1H3,(H,35,39)(H,40,41)/t13-,18?,23-. The number of rotatable bonds is 8. The van der Waals surface area contributed by atoms with Crippen molar-refractivity contribution in [3.05, 3.63) is 51.3 Å². The van der Waals surface area contributed by atoms with Crippen molar-refractivity contribution >= 4 is 40.9 Å². The first kappa shape index (κ1) is 31.1. The number of ketones is 1. The van der Waals surface area contributed by atoms with Crippen LogP contribution in [0, 0.1) is 10.8 Å². The SMILES string of the molecule is C[C@]1(C(=O)O)CC[C@H](n2cc(C(=O)NC(CC(=O)c3c(Cl)cccc3Cl)C3(C(F)(F)F)CC3)c(C(F)(F)F)n2)CC1. The maximum Gasteiger partial charge on any atom is 0.435 e. The molecule has 2 fully saturated rings. The number of carboxylic acid groups (broad SMARTS) is 1. The maximum absolute atomic E-state index is 14.1. The quantitative estimate of drug-likeness (QED) is 0.239. The molecule has 2 aliphatic rings. The fourth-order valence-corrected chi connectivity index (χ4v) is 5.92. The Hall–Kier alpha value is -2.80. The Labute approximate surface area is 240 Å². The minimum Gasteiger partial charge on any atom is -0.481 e. The summed E-state index contributed by atoms with van der Waals surface area (Å²) in [5.74, 6) is -3.44. The van der Waals surface area contributed by atoms with Gasteiger partial charge in [-0.15, -0.1) is 0 Å². The van der Waals surface area contributed by atoms with E-state index in [9.17, 15) is 45.8 Å². The number of aromatic nitrogens is 2. The van der Waals surface area contributed by atoms with Crippen LogP contribution in [0.4, 0.5) is 26.3 Å². The highest BCUT2D eigenvalue weighted by Crippen LogP contribution is 2.60. The van der Waals surface area contributed by atoms with Crippen LogP contribution in [-0.2, 0) is 11.0 Å². The Morgan fingerprint density at radius 2 is 1.63 bits per heavy atom. The van der Waals surface area contributed by atoms with Crippen LogP contribution in [0.2, 0.25) is 10.0 Å². The van der Waals surface area contributed by atoms with Gasteiger partial charge in [0.25, 0.3) is 5.91 Å². The molecule has 4 rings (SSSR count). The first-order chi connectivity index (χ1) is 18.9. The number of Topliss-reactive ketones (excluding diaryl/α,β-unsaturated/α-hetero) is 1. The van der Waals surface area contributed by atoms with Crippen LogP contribution in [0.15, 0.2) is 24.4 Å². The van der Waals surface area contributed by atoms with Gasteiger partial charge in [-0.25, -0.2) is 0 Å². The van der Waals surface area contributed by atoms with Crippen molar-refractivity contribution in [3.8, 4) is 0 Å². The second kappa shape index (κ2) is 10.8. The lowest BCUT2D eigenvalue weighted by atomic mass is 9.74. The summed E-state index contributed by atoms with van der Waals surface area (Å²) in [7, 11) is 0. The average molecular weight is 628 g/mol. The van der Waals surface area contributed by atoms with Gasteiger partial charge >= 0.3 is 18.3 Å². The second-order valence-corrected chi connectivity index (χ2v) is 11.7. The lowest BCUT2D eigenvalue weighted by molar-refractivity contribution is -0.194. The summed E-state index contributed by atoms with van der Waals surface area (Å²) in [6.07, 6.45) is -10.4. The van der Waals surface area contributed by atoms with E-state index in [-0.39, 0.29) is 41.3 Å². The lowest BCUT2D eigenvalue weighted by Crippen LogP contribution is -2.49. The van der Waals surface area contributed by atoms with E-state index in [1.54, 1.807) is 0 Å². The summed E-state index contributed by atoms with van der Waals surface area (Å²) in [6.45, 7) is 1.53. The maximum atomic E-state index is 14.1. The van der Waals surface area contributed by atoms with Crippen molar-refractivity contribution in [2.24, 2.45) is 10.8 Å². The van der Waals surface area contributed by atoms with Crippen LogP contribution in [0.1, 0.15) is 84.3 Å². The van der Waals surface area contributed by atoms with E-state index in [1.165, 1.54) is 25.1 Å². The fraction of sp³-hybridized carbons (Fsp3) is 0.538. The molecule has 15 heteroatoms. The predicted octanol–water partition coefficient (Wildman–Crippen LogP) is 7.13. The number of halogens is 8. The normalized spacial score (nSPS) is 23.1. The molecule has 1 atom stereocenters. The third-order valence-corrected chi connectivity index (χ3v) is 8.78. The summed E-state index contributed by atoms with van der Waals surface area (Å²) in [6, 6.07) is 1.46. The van der Waals surface area contributed by atoms with E-state index in [0.29, 0.717) is 0 Å².